The first-order chi connectivity index (χ1) is 46.6. The predicted molar refractivity (Wildman–Crippen MR) is 380 cm³/mol. The van der Waals surface area contributed by atoms with Crippen molar-refractivity contribution in [1.29, 1.82) is 0 Å². The number of Topliss-reactive ketones (excluding diaryl/α,β-unsaturated/α-hetero) is 2. The maximum Gasteiger partial charge on any atom is 0.253 e. The molecular weight excluding hydrogens is 1230 g/mol. The molecule has 4 aliphatic rings. The van der Waals surface area contributed by atoms with Crippen LogP contribution in [0.25, 0.3) is 32.7 Å². The van der Waals surface area contributed by atoms with Crippen molar-refractivity contribution in [3.05, 3.63) is 191 Å². The van der Waals surface area contributed by atoms with Crippen LogP contribution in [0, 0.1) is 29.4 Å². The van der Waals surface area contributed by atoms with Crippen molar-refractivity contribution in [3.8, 4) is 23.0 Å². The highest BCUT2D eigenvalue weighted by molar-refractivity contribution is 6.30. The van der Waals surface area contributed by atoms with Gasteiger partial charge in [0.25, 0.3) is 5.91 Å². The van der Waals surface area contributed by atoms with E-state index in [4.69, 9.17) is 30.5 Å². The topological polar surface area (TPSA) is 125 Å². The molecule has 4 fully saturated rings. The van der Waals surface area contributed by atoms with Gasteiger partial charge in [-0.05, 0) is 187 Å². The van der Waals surface area contributed by atoms with Crippen molar-refractivity contribution in [1.82, 2.24) is 33.7 Å². The fourth-order valence-electron chi connectivity index (χ4n) is 13.7. The Morgan fingerprint density at radius 1 is 0.510 bits per heavy atom. The maximum atomic E-state index is 13.1. The molecule has 1 N–H and O–H groups in total. The summed E-state index contributed by atoms with van der Waals surface area (Å²) in [6, 6.07) is 42.4. The lowest BCUT2D eigenvalue weighted by molar-refractivity contribution is 0.0910. The number of amides is 1. The number of rotatable bonds is 25. The van der Waals surface area contributed by atoms with Gasteiger partial charge >= 0.3 is 0 Å². The van der Waals surface area contributed by atoms with E-state index in [1.54, 1.807) is 38.3 Å². The van der Waals surface area contributed by atoms with Gasteiger partial charge in [0, 0.05) is 140 Å². The molecule has 14 nitrogen and oxygen atoms in total. The Balaban J connectivity index is 0.000000147. The van der Waals surface area contributed by atoms with Gasteiger partial charge in [-0.15, -0.1) is 0 Å². The van der Waals surface area contributed by atoms with Gasteiger partial charge in [0.15, 0.2) is 11.6 Å². The van der Waals surface area contributed by atoms with E-state index < -0.39 is 0 Å². The lowest BCUT2D eigenvalue weighted by atomic mass is 10.0. The number of ether oxygens (including phenoxy) is 4. The summed E-state index contributed by atoms with van der Waals surface area (Å²) in [7, 11) is 1.70. The van der Waals surface area contributed by atoms with E-state index >= 15 is 0 Å². The van der Waals surface area contributed by atoms with Gasteiger partial charge in [-0.25, -0.2) is 8.78 Å². The average molecular weight is 1330 g/mol. The zero-order valence-corrected chi connectivity index (χ0v) is 57.2. The average Bonchev–Trinajstić information content (AvgIpc) is 1.64. The summed E-state index contributed by atoms with van der Waals surface area (Å²) < 4.78 is 56.5. The van der Waals surface area contributed by atoms with Crippen LogP contribution in [0.5, 0.6) is 23.0 Å². The molecule has 0 spiro atoms. The zero-order chi connectivity index (χ0) is 67.1. The molecule has 1 saturated carbocycles. The largest absolute Gasteiger partial charge is 0.495 e. The number of aromatic nitrogens is 3. The molecule has 9 aromatic rings. The van der Waals surface area contributed by atoms with Crippen LogP contribution >= 0.6 is 11.6 Å². The number of para-hydroxylation sites is 3. The Morgan fingerprint density at radius 3 is 1.48 bits per heavy atom. The molecule has 6 heterocycles. The Bertz CT molecular complexity index is 3990. The second kappa shape index (κ2) is 33.3. The first-order valence-electron chi connectivity index (χ1n) is 34.7. The van der Waals surface area contributed by atoms with E-state index in [1.165, 1.54) is 24.3 Å². The summed E-state index contributed by atoms with van der Waals surface area (Å²) in [5.41, 5.74) is 5.69. The molecule has 1 aliphatic carbocycles. The lowest BCUT2D eigenvalue weighted by Gasteiger charge is -2.33. The SMILES string of the molecule is CC(=O)c1cn(CC(C)CN2CCC(Oc3ccc(F)cc3)CC2)c2ccccc12.CC(C)CNC(=O)c1cn(CCCN2CCC(Oc3ccc(F)cc3)CC2)c2ccccc12.COc1cccc2c(C(=O)C3CC3)cn(CCCN3CCC(Oc4ccc(Cl)cc4)CC3)c12. The molecule has 0 bridgehead atoms. The molecule has 17 heteroatoms. The number of benzene rings is 6. The van der Waals surface area contributed by atoms with E-state index in [2.05, 4.69) is 78.9 Å². The van der Waals surface area contributed by atoms with Crippen LogP contribution in [-0.4, -0.2) is 137 Å². The third-order valence-corrected chi connectivity index (χ3v) is 19.2. The van der Waals surface area contributed by atoms with E-state index in [0.717, 1.165) is 220 Å². The molecular formula is C79H94ClF2N7O7. The van der Waals surface area contributed by atoms with E-state index in [1.807, 2.05) is 85.2 Å². The van der Waals surface area contributed by atoms with Crippen molar-refractivity contribution < 1.29 is 42.1 Å². The Kier molecular flexibility index (Phi) is 24.0. The number of carbonyl (C=O) groups excluding carboxylic acids is 3. The number of methoxy groups -OCH3 is 1. The summed E-state index contributed by atoms with van der Waals surface area (Å²) in [6.07, 6.45) is 16.8. The molecule has 6 aromatic carbocycles. The van der Waals surface area contributed by atoms with E-state index in [-0.39, 0.29) is 53.3 Å². The van der Waals surface area contributed by atoms with Crippen molar-refractivity contribution in [2.45, 2.75) is 130 Å². The number of nitrogens with one attached hydrogen (secondary N) is 1. The van der Waals surface area contributed by atoms with Crippen molar-refractivity contribution in [2.24, 2.45) is 17.8 Å². The van der Waals surface area contributed by atoms with Gasteiger partial charge in [-0.2, -0.15) is 0 Å². The maximum absolute atomic E-state index is 13.1. The van der Waals surface area contributed by atoms with E-state index in [0.29, 0.717) is 18.4 Å². The van der Waals surface area contributed by atoms with Crippen molar-refractivity contribution >= 4 is 61.8 Å². The van der Waals surface area contributed by atoms with Crippen LogP contribution in [0.4, 0.5) is 8.78 Å². The van der Waals surface area contributed by atoms with Crippen molar-refractivity contribution in [2.75, 3.05) is 72.6 Å². The molecule has 508 valence electrons. The highest BCUT2D eigenvalue weighted by atomic mass is 35.5. The van der Waals surface area contributed by atoms with Gasteiger partial charge in [0.05, 0.1) is 18.2 Å². The first-order valence-corrected chi connectivity index (χ1v) is 35.1. The smallest absolute Gasteiger partial charge is 0.253 e. The number of hydrogen-bond acceptors (Lipinski definition) is 10. The number of hydrogen-bond donors (Lipinski definition) is 1. The molecule has 96 heavy (non-hydrogen) atoms. The molecule has 0 radical (unpaired) electrons. The summed E-state index contributed by atoms with van der Waals surface area (Å²) in [5.74, 6) is 4.23. The Labute approximate surface area is 569 Å². The van der Waals surface area contributed by atoms with Crippen LogP contribution in [-0.2, 0) is 19.6 Å². The lowest BCUT2D eigenvalue weighted by Crippen LogP contribution is -2.40. The van der Waals surface area contributed by atoms with Crippen LogP contribution in [0.1, 0.15) is 123 Å². The minimum absolute atomic E-state index is 0.00174. The number of ketones is 2. The molecule has 13 rings (SSSR count). The molecule has 3 aromatic heterocycles. The highest BCUT2D eigenvalue weighted by Crippen LogP contribution is 2.38. The van der Waals surface area contributed by atoms with Gasteiger partial charge in [0.1, 0.15) is 52.9 Å². The zero-order valence-electron chi connectivity index (χ0n) is 56.4. The molecule has 3 aliphatic heterocycles. The summed E-state index contributed by atoms with van der Waals surface area (Å²) >= 11 is 5.96. The predicted octanol–water partition coefficient (Wildman–Crippen LogP) is 16.1. The monoisotopic (exact) mass is 1330 g/mol. The number of piperidine rings is 3. The summed E-state index contributed by atoms with van der Waals surface area (Å²) in [5, 5.41) is 6.85. The molecule has 1 unspecified atom stereocenters. The Morgan fingerprint density at radius 2 is 0.969 bits per heavy atom. The highest BCUT2D eigenvalue weighted by Gasteiger charge is 2.33. The number of nitrogens with zero attached hydrogens (tertiary/aromatic N) is 6. The number of fused-ring (bicyclic) bond motifs is 3. The van der Waals surface area contributed by atoms with Crippen LogP contribution < -0.4 is 24.3 Å². The van der Waals surface area contributed by atoms with Crippen LogP contribution in [0.3, 0.4) is 0 Å². The van der Waals surface area contributed by atoms with Crippen LogP contribution in [0.15, 0.2) is 158 Å². The van der Waals surface area contributed by atoms with Crippen LogP contribution in [0.2, 0.25) is 5.02 Å². The molecule has 3 saturated heterocycles. The fraction of sp³-hybridized carbons (Fsp3) is 0.430. The quantitative estimate of drug-likeness (QED) is 0.0553. The second-order valence-electron chi connectivity index (χ2n) is 27.0. The van der Waals surface area contributed by atoms with E-state index in [9.17, 15) is 23.2 Å². The van der Waals surface area contributed by atoms with Crippen molar-refractivity contribution in [3.63, 3.8) is 0 Å². The summed E-state index contributed by atoms with van der Waals surface area (Å²) in [4.78, 5) is 45.1. The standard InChI is InChI=1S/C27H31ClN2O3.C27H34FN3O2.C25H29FN2O2/c1-32-25-5-2-4-23-24(27(31)19-6-7-19)18-30(26(23)25)15-3-14-29-16-12-22(13-17-29)33-21-10-8-20(28)9-11-21;1-20(2)18-29-27(32)25-19-31(26-7-4-3-6-24(25)26)15-5-14-30-16-12-23(13-17-30)33-22-10-8-21(28)9-11-22;1-18(16-28-17-24(19(2)29)23-5-3-4-6-25(23)28)15-27-13-11-22(12-14-27)30-21-9-7-20(26)8-10-21/h2,4-5,8-11,18-19,22H,3,6-7,12-17H2,1H3;3-4,6-11,19-20,23H,5,12-18H2,1-2H3,(H,29,32);3-10,17-18,22H,11-16H2,1-2H3. The van der Waals surface area contributed by atoms with Gasteiger partial charge in [-0.1, -0.05) is 80.9 Å². The fourth-order valence-corrected chi connectivity index (χ4v) is 13.8. The minimum atomic E-state index is -0.240. The number of carbonyl (C=O) groups is 3. The summed E-state index contributed by atoms with van der Waals surface area (Å²) in [6.45, 7) is 20.6. The third kappa shape index (κ3) is 18.7. The molecule has 1 amide bonds. The van der Waals surface area contributed by atoms with Gasteiger partial charge in [0.2, 0.25) is 0 Å². The minimum Gasteiger partial charge on any atom is -0.495 e. The third-order valence-electron chi connectivity index (χ3n) is 18.9. The normalized spacial score (nSPS) is 16.4. The first kappa shape index (κ1) is 69.3. The number of halogens is 3. The number of likely N-dealkylation sites (tertiary alicyclic amines) is 3. The molecule has 1 atom stereocenters. The van der Waals surface area contributed by atoms with Gasteiger partial charge < -0.3 is 52.7 Å². The second-order valence-corrected chi connectivity index (χ2v) is 27.4. The Hall–Kier alpha value is -8.02. The van der Waals surface area contributed by atoms with Gasteiger partial charge in [-0.3, -0.25) is 14.4 Å². The number of aryl methyl sites for hydroxylation is 2.